The monoisotopic (exact) mass is 456 g/mol. The molecule has 32 heavy (non-hydrogen) atoms. The molecule has 3 nitrogen and oxygen atoms in total. The van der Waals surface area contributed by atoms with Crippen LogP contribution >= 0.6 is 0 Å². The molecule has 0 saturated carbocycles. The summed E-state index contributed by atoms with van der Waals surface area (Å²) >= 11 is 0. The Kier molecular flexibility index (Phi) is 23.9. The first-order chi connectivity index (χ1) is 15.7. The molecule has 3 heteroatoms. The van der Waals surface area contributed by atoms with Crippen LogP contribution in [-0.4, -0.2) is 25.8 Å². The van der Waals surface area contributed by atoms with Crippen LogP contribution in [0.3, 0.4) is 0 Å². The maximum Gasteiger partial charge on any atom is 0.285 e. The van der Waals surface area contributed by atoms with Crippen molar-refractivity contribution in [2.45, 2.75) is 163 Å². The quantitative estimate of drug-likeness (QED) is 0.0957. The number of ether oxygens (including phenoxy) is 3. The van der Waals surface area contributed by atoms with Gasteiger partial charge in [0.25, 0.3) is 5.97 Å². The average Bonchev–Trinajstić information content (AvgIpc) is 2.80. The summed E-state index contributed by atoms with van der Waals surface area (Å²) in [4.78, 5) is 0. The Morgan fingerprint density at radius 3 is 1.12 bits per heavy atom. The predicted molar refractivity (Wildman–Crippen MR) is 140 cm³/mol. The third-order valence-corrected chi connectivity index (χ3v) is 6.50. The smallest absolute Gasteiger partial charge is 0.285 e. The lowest BCUT2D eigenvalue weighted by Gasteiger charge is -2.38. The van der Waals surface area contributed by atoms with Gasteiger partial charge in [-0.3, -0.25) is 0 Å². The average molecular weight is 457 g/mol. The van der Waals surface area contributed by atoms with Crippen LogP contribution in [0.1, 0.15) is 157 Å². The Labute approximate surface area is 202 Å². The normalized spacial score (nSPS) is 13.0. The van der Waals surface area contributed by atoms with E-state index in [0.29, 0.717) is 0 Å². The molecule has 0 aliphatic heterocycles. The second kappa shape index (κ2) is 24.0. The molecule has 1 unspecified atom stereocenters. The van der Waals surface area contributed by atoms with Crippen LogP contribution < -0.4 is 0 Å². The Balaban J connectivity index is 4.92. The zero-order chi connectivity index (χ0) is 23.8. The first-order valence-corrected chi connectivity index (χ1v) is 14.6. The standard InChI is InChI=1S/C29H60O3/c1-6-10-14-18-19-20-24-28(5)29(30-25-21-15-11-7-2,31-26-22-16-12-8-3)32-27-23-17-13-9-4/h28H,6-27H2,1-5H3. The van der Waals surface area contributed by atoms with Crippen molar-refractivity contribution >= 4 is 0 Å². The summed E-state index contributed by atoms with van der Waals surface area (Å²) in [6.45, 7) is 13.6. The van der Waals surface area contributed by atoms with Crippen molar-refractivity contribution in [2.24, 2.45) is 5.92 Å². The molecule has 0 aromatic heterocycles. The minimum Gasteiger partial charge on any atom is -0.327 e. The van der Waals surface area contributed by atoms with Crippen molar-refractivity contribution in [3.05, 3.63) is 0 Å². The second-order valence-electron chi connectivity index (χ2n) is 9.79. The van der Waals surface area contributed by atoms with E-state index in [1.807, 2.05) is 0 Å². The van der Waals surface area contributed by atoms with Gasteiger partial charge in [0.2, 0.25) is 0 Å². The molecule has 0 bridgehead atoms. The fourth-order valence-corrected chi connectivity index (χ4v) is 4.19. The molecule has 0 aliphatic rings. The van der Waals surface area contributed by atoms with E-state index in [9.17, 15) is 0 Å². The summed E-state index contributed by atoms with van der Waals surface area (Å²) in [5.41, 5.74) is 0. The lowest BCUT2D eigenvalue weighted by atomic mass is 9.99. The molecule has 0 aliphatic carbocycles. The SMILES string of the molecule is CCCCCCCCC(C)C(OCCCCCC)(OCCCCCC)OCCCCCC. The molecule has 0 rings (SSSR count). The van der Waals surface area contributed by atoms with Crippen molar-refractivity contribution in [3.63, 3.8) is 0 Å². The van der Waals surface area contributed by atoms with Gasteiger partial charge in [0.05, 0.1) is 19.8 Å². The number of hydrogen-bond donors (Lipinski definition) is 0. The molecular weight excluding hydrogens is 396 g/mol. The fourth-order valence-electron chi connectivity index (χ4n) is 4.19. The lowest BCUT2D eigenvalue weighted by molar-refractivity contribution is -0.404. The largest absolute Gasteiger partial charge is 0.327 e. The van der Waals surface area contributed by atoms with Crippen LogP contribution in [0.15, 0.2) is 0 Å². The van der Waals surface area contributed by atoms with Crippen molar-refractivity contribution in [2.75, 3.05) is 19.8 Å². The van der Waals surface area contributed by atoms with Crippen molar-refractivity contribution in [1.29, 1.82) is 0 Å². The van der Waals surface area contributed by atoms with Gasteiger partial charge in [0, 0.05) is 5.92 Å². The molecule has 0 N–H and O–H groups in total. The van der Waals surface area contributed by atoms with Crippen LogP contribution in [0.2, 0.25) is 0 Å². The first kappa shape index (κ1) is 31.9. The summed E-state index contributed by atoms with van der Waals surface area (Å²) in [7, 11) is 0. The van der Waals surface area contributed by atoms with Crippen LogP contribution in [0.25, 0.3) is 0 Å². The summed E-state index contributed by atoms with van der Waals surface area (Å²) in [6, 6.07) is 0. The first-order valence-electron chi connectivity index (χ1n) is 14.6. The van der Waals surface area contributed by atoms with Crippen molar-refractivity contribution < 1.29 is 14.2 Å². The van der Waals surface area contributed by atoms with Gasteiger partial charge in [-0.1, -0.05) is 131 Å². The predicted octanol–water partition coefficient (Wildman–Crippen LogP) is 9.82. The summed E-state index contributed by atoms with van der Waals surface area (Å²) in [5.74, 6) is -0.592. The van der Waals surface area contributed by atoms with E-state index in [0.717, 1.165) is 45.5 Å². The number of unbranched alkanes of at least 4 members (excludes halogenated alkanes) is 14. The molecule has 0 aromatic carbocycles. The zero-order valence-electron chi connectivity index (χ0n) is 22.9. The van der Waals surface area contributed by atoms with Gasteiger partial charge in [-0.25, -0.2) is 0 Å². The van der Waals surface area contributed by atoms with Gasteiger partial charge in [-0.2, -0.15) is 0 Å². The summed E-state index contributed by atoms with van der Waals surface area (Å²) in [6.07, 6.45) is 23.6. The summed E-state index contributed by atoms with van der Waals surface area (Å²) in [5, 5.41) is 0. The summed E-state index contributed by atoms with van der Waals surface area (Å²) < 4.78 is 19.5. The molecule has 0 radical (unpaired) electrons. The van der Waals surface area contributed by atoms with Gasteiger partial charge >= 0.3 is 0 Å². The van der Waals surface area contributed by atoms with Crippen LogP contribution in [-0.2, 0) is 14.2 Å². The van der Waals surface area contributed by atoms with Crippen molar-refractivity contribution in [1.82, 2.24) is 0 Å². The van der Waals surface area contributed by atoms with Gasteiger partial charge in [-0.05, 0) is 25.7 Å². The third-order valence-electron chi connectivity index (χ3n) is 6.50. The van der Waals surface area contributed by atoms with E-state index in [2.05, 4.69) is 34.6 Å². The van der Waals surface area contributed by atoms with E-state index < -0.39 is 5.97 Å². The third kappa shape index (κ3) is 17.4. The van der Waals surface area contributed by atoms with E-state index in [1.54, 1.807) is 0 Å². The second-order valence-corrected chi connectivity index (χ2v) is 9.79. The maximum absolute atomic E-state index is 6.50. The van der Waals surface area contributed by atoms with Gasteiger partial charge in [0.1, 0.15) is 0 Å². The number of rotatable bonds is 26. The number of hydrogen-bond acceptors (Lipinski definition) is 3. The molecule has 0 saturated heterocycles. The van der Waals surface area contributed by atoms with E-state index in [1.165, 1.54) is 96.3 Å². The van der Waals surface area contributed by atoms with Gasteiger partial charge in [0.15, 0.2) is 0 Å². The molecule has 0 aromatic rings. The fraction of sp³-hybridized carbons (Fsp3) is 1.00. The lowest BCUT2D eigenvalue weighted by Crippen LogP contribution is -2.46. The molecular formula is C29H60O3. The van der Waals surface area contributed by atoms with E-state index in [4.69, 9.17) is 14.2 Å². The molecule has 0 fully saturated rings. The van der Waals surface area contributed by atoms with Gasteiger partial charge < -0.3 is 14.2 Å². The topological polar surface area (TPSA) is 27.7 Å². The van der Waals surface area contributed by atoms with Crippen LogP contribution in [0.5, 0.6) is 0 Å². The Bertz CT molecular complexity index is 322. The van der Waals surface area contributed by atoms with Gasteiger partial charge in [-0.15, -0.1) is 0 Å². The highest BCUT2D eigenvalue weighted by molar-refractivity contribution is 4.69. The molecule has 0 amide bonds. The minimum absolute atomic E-state index is 0.261. The highest BCUT2D eigenvalue weighted by atomic mass is 16.9. The Hall–Kier alpha value is -0.120. The Morgan fingerprint density at radius 2 is 0.750 bits per heavy atom. The van der Waals surface area contributed by atoms with Crippen LogP contribution in [0.4, 0.5) is 0 Å². The Morgan fingerprint density at radius 1 is 0.438 bits per heavy atom. The van der Waals surface area contributed by atoms with Crippen molar-refractivity contribution in [3.8, 4) is 0 Å². The highest BCUT2D eigenvalue weighted by Crippen LogP contribution is 2.31. The molecule has 0 spiro atoms. The minimum atomic E-state index is -0.853. The van der Waals surface area contributed by atoms with Crippen LogP contribution in [0, 0.1) is 5.92 Å². The molecule has 0 heterocycles. The molecule has 1 atom stereocenters. The van der Waals surface area contributed by atoms with E-state index >= 15 is 0 Å². The molecule has 194 valence electrons. The zero-order valence-corrected chi connectivity index (χ0v) is 22.9. The highest BCUT2D eigenvalue weighted by Gasteiger charge is 2.39. The maximum atomic E-state index is 6.50. The van der Waals surface area contributed by atoms with E-state index in [-0.39, 0.29) is 5.92 Å².